The fourth-order valence-corrected chi connectivity index (χ4v) is 2.63. The number of hydrogen-bond donors (Lipinski definition) is 0. The molecule has 2 aromatic carbocycles. The summed E-state index contributed by atoms with van der Waals surface area (Å²) in [6, 6.07) is 20.0. The number of ether oxygens (including phenoxy) is 1. The van der Waals surface area contributed by atoms with Crippen LogP contribution >= 0.6 is 0 Å². The van der Waals surface area contributed by atoms with Gasteiger partial charge in [-0.15, -0.1) is 0 Å². The van der Waals surface area contributed by atoms with Crippen LogP contribution < -0.4 is 0 Å². The minimum atomic E-state index is -0.0730. The van der Waals surface area contributed by atoms with Crippen molar-refractivity contribution in [2.24, 2.45) is 5.92 Å². The van der Waals surface area contributed by atoms with Crippen molar-refractivity contribution in [1.29, 1.82) is 0 Å². The highest BCUT2D eigenvalue weighted by Crippen LogP contribution is 2.21. The van der Waals surface area contributed by atoms with Gasteiger partial charge in [0.05, 0.1) is 13.2 Å². The van der Waals surface area contributed by atoms with E-state index in [1.807, 2.05) is 54.6 Å². The second-order valence-electron chi connectivity index (χ2n) is 5.35. The lowest BCUT2D eigenvalue weighted by molar-refractivity contribution is -0.124. The van der Waals surface area contributed by atoms with Gasteiger partial charge in [-0.05, 0) is 23.6 Å². The van der Waals surface area contributed by atoms with E-state index in [2.05, 4.69) is 12.1 Å². The first-order valence-corrected chi connectivity index (χ1v) is 7.24. The van der Waals surface area contributed by atoms with Crippen LogP contribution in [-0.2, 0) is 16.0 Å². The summed E-state index contributed by atoms with van der Waals surface area (Å²) in [7, 11) is 0. The second-order valence-corrected chi connectivity index (χ2v) is 5.35. The van der Waals surface area contributed by atoms with Crippen LogP contribution in [0.25, 0.3) is 6.08 Å². The normalized spacial score (nSPS) is 20.7. The molecule has 1 heterocycles. The van der Waals surface area contributed by atoms with Crippen molar-refractivity contribution in [1.82, 2.24) is 0 Å². The molecule has 1 aliphatic heterocycles. The molecule has 2 nitrogen and oxygen atoms in total. The largest absolute Gasteiger partial charge is 0.376 e. The van der Waals surface area contributed by atoms with Gasteiger partial charge in [0.1, 0.15) is 0 Å². The maximum absolute atomic E-state index is 12.6. The highest BCUT2D eigenvalue weighted by Gasteiger charge is 2.27. The third-order valence-corrected chi connectivity index (χ3v) is 3.73. The summed E-state index contributed by atoms with van der Waals surface area (Å²) in [5, 5.41) is 0. The first kappa shape index (κ1) is 13.8. The predicted molar refractivity (Wildman–Crippen MR) is 83.9 cm³/mol. The Hall–Kier alpha value is -2.19. The molecule has 0 spiro atoms. The van der Waals surface area contributed by atoms with E-state index in [0.29, 0.717) is 13.2 Å². The van der Waals surface area contributed by atoms with Crippen molar-refractivity contribution in [3.05, 3.63) is 77.4 Å². The van der Waals surface area contributed by atoms with E-state index in [-0.39, 0.29) is 11.7 Å². The molecule has 1 aliphatic rings. The zero-order chi connectivity index (χ0) is 14.5. The molecular weight excluding hydrogens is 260 g/mol. The molecule has 0 radical (unpaired) electrons. The van der Waals surface area contributed by atoms with Crippen molar-refractivity contribution >= 4 is 11.9 Å². The molecule has 1 atom stereocenters. The van der Waals surface area contributed by atoms with Crippen LogP contribution in [-0.4, -0.2) is 19.0 Å². The molecule has 1 unspecified atom stereocenters. The number of benzene rings is 2. The van der Waals surface area contributed by atoms with E-state index in [9.17, 15) is 4.79 Å². The molecule has 2 aromatic rings. The summed E-state index contributed by atoms with van der Waals surface area (Å²) in [6.07, 6.45) is 2.69. The van der Waals surface area contributed by atoms with Crippen LogP contribution in [0, 0.1) is 5.92 Å². The zero-order valence-corrected chi connectivity index (χ0v) is 11.9. The number of Topliss-reactive ketones (excluding diaryl/α,β-unsaturated/α-hetero) is 1. The molecule has 21 heavy (non-hydrogen) atoms. The third-order valence-electron chi connectivity index (χ3n) is 3.73. The second kappa shape index (κ2) is 6.51. The molecule has 0 aromatic heterocycles. The van der Waals surface area contributed by atoms with Gasteiger partial charge in [0.15, 0.2) is 5.78 Å². The number of carbonyl (C=O) groups excluding carboxylic acids is 1. The van der Waals surface area contributed by atoms with E-state index in [1.165, 1.54) is 5.56 Å². The monoisotopic (exact) mass is 278 g/mol. The highest BCUT2D eigenvalue weighted by molar-refractivity contribution is 6.02. The van der Waals surface area contributed by atoms with Crippen molar-refractivity contribution in [3.63, 3.8) is 0 Å². The van der Waals surface area contributed by atoms with Crippen molar-refractivity contribution < 1.29 is 9.53 Å². The molecule has 0 N–H and O–H groups in total. The highest BCUT2D eigenvalue weighted by atomic mass is 16.5. The topological polar surface area (TPSA) is 26.3 Å². The Kier molecular flexibility index (Phi) is 4.27. The first-order chi connectivity index (χ1) is 10.3. The Labute approximate surface area is 125 Å². The third kappa shape index (κ3) is 3.47. The molecule has 0 amide bonds. The average Bonchev–Trinajstić information content (AvgIpc) is 2.53. The van der Waals surface area contributed by atoms with E-state index in [4.69, 9.17) is 4.74 Å². The Bertz CT molecular complexity index is 629. The van der Waals surface area contributed by atoms with Gasteiger partial charge in [-0.25, -0.2) is 0 Å². The summed E-state index contributed by atoms with van der Waals surface area (Å²) in [4.78, 5) is 12.6. The molecule has 0 saturated carbocycles. The number of rotatable bonds is 3. The Balaban J connectivity index is 1.76. The fourth-order valence-electron chi connectivity index (χ4n) is 2.63. The van der Waals surface area contributed by atoms with Crippen LogP contribution in [0.1, 0.15) is 11.1 Å². The first-order valence-electron chi connectivity index (χ1n) is 7.24. The lowest BCUT2D eigenvalue weighted by Crippen LogP contribution is -2.31. The molecule has 2 heteroatoms. The van der Waals surface area contributed by atoms with Gasteiger partial charge in [-0.1, -0.05) is 60.7 Å². The van der Waals surface area contributed by atoms with Crippen molar-refractivity contribution in [2.45, 2.75) is 6.42 Å². The quantitative estimate of drug-likeness (QED) is 0.803. The summed E-state index contributed by atoms with van der Waals surface area (Å²) < 4.78 is 5.62. The molecule has 106 valence electrons. The molecule has 0 bridgehead atoms. The number of hydrogen-bond acceptors (Lipinski definition) is 2. The molecule has 1 saturated heterocycles. The fraction of sp³-hybridized carbons (Fsp3) is 0.211. The molecule has 0 aliphatic carbocycles. The van der Waals surface area contributed by atoms with Crippen LogP contribution in [0.3, 0.4) is 0 Å². The minimum absolute atomic E-state index is 0.0730. The average molecular weight is 278 g/mol. The van der Waals surface area contributed by atoms with Crippen LogP contribution in [0.15, 0.2) is 66.2 Å². The Morgan fingerprint density at radius 3 is 2.38 bits per heavy atom. The SMILES string of the molecule is O=C1/C(=C/c2ccccc2)COCC1Cc1ccccc1. The lowest BCUT2D eigenvalue weighted by atomic mass is 9.89. The maximum Gasteiger partial charge on any atom is 0.166 e. The van der Waals surface area contributed by atoms with Gasteiger partial charge in [0.2, 0.25) is 0 Å². The van der Waals surface area contributed by atoms with E-state index in [1.54, 1.807) is 0 Å². The smallest absolute Gasteiger partial charge is 0.166 e. The van der Waals surface area contributed by atoms with Gasteiger partial charge in [-0.3, -0.25) is 4.79 Å². The van der Waals surface area contributed by atoms with Gasteiger partial charge >= 0.3 is 0 Å². The maximum atomic E-state index is 12.6. The van der Waals surface area contributed by atoms with Gasteiger partial charge < -0.3 is 4.74 Å². The van der Waals surface area contributed by atoms with Crippen molar-refractivity contribution in [3.8, 4) is 0 Å². The summed E-state index contributed by atoms with van der Waals surface area (Å²) in [6.45, 7) is 0.929. The predicted octanol–water partition coefficient (Wildman–Crippen LogP) is 3.53. The Morgan fingerprint density at radius 1 is 1.00 bits per heavy atom. The van der Waals surface area contributed by atoms with E-state index in [0.717, 1.165) is 17.6 Å². The Morgan fingerprint density at radius 2 is 1.67 bits per heavy atom. The summed E-state index contributed by atoms with van der Waals surface area (Å²) in [5.74, 6) is 0.144. The number of ketones is 1. The summed E-state index contributed by atoms with van der Waals surface area (Å²) in [5.41, 5.74) is 3.00. The van der Waals surface area contributed by atoms with Crippen molar-refractivity contribution in [2.75, 3.05) is 13.2 Å². The van der Waals surface area contributed by atoms with E-state index < -0.39 is 0 Å². The molecule has 1 fully saturated rings. The zero-order valence-electron chi connectivity index (χ0n) is 11.9. The van der Waals surface area contributed by atoms with Gasteiger partial charge in [-0.2, -0.15) is 0 Å². The number of carbonyl (C=O) groups is 1. The summed E-state index contributed by atoms with van der Waals surface area (Å²) >= 11 is 0. The van der Waals surface area contributed by atoms with Gasteiger partial charge in [0, 0.05) is 11.5 Å². The molecular formula is C19H18O2. The van der Waals surface area contributed by atoms with Crippen LogP contribution in [0.4, 0.5) is 0 Å². The van der Waals surface area contributed by atoms with Gasteiger partial charge in [0.25, 0.3) is 0 Å². The van der Waals surface area contributed by atoms with Crippen LogP contribution in [0.5, 0.6) is 0 Å². The molecule has 3 rings (SSSR count). The standard InChI is InChI=1S/C19H18O2/c20-19-17(11-15-7-3-1-4-8-15)13-21-14-18(19)12-16-9-5-2-6-10-16/h1-11,18H,12-14H2/b17-11+. The van der Waals surface area contributed by atoms with Crippen LogP contribution in [0.2, 0.25) is 0 Å². The lowest BCUT2D eigenvalue weighted by Gasteiger charge is -2.23. The minimum Gasteiger partial charge on any atom is -0.376 e. The van der Waals surface area contributed by atoms with E-state index >= 15 is 0 Å².